The molecule has 0 spiro atoms. The van der Waals surface area contributed by atoms with Crippen molar-refractivity contribution in [1.82, 2.24) is 9.80 Å². The van der Waals surface area contributed by atoms with Gasteiger partial charge in [-0.2, -0.15) is 0 Å². The minimum atomic E-state index is 0.215. The molecular weight excluding hydrogens is 160 g/mol. The SMILES string of the molecule is [2H]C1CCN(C2CN(C(C)C)C2)CC1. The van der Waals surface area contributed by atoms with E-state index in [9.17, 15) is 0 Å². The van der Waals surface area contributed by atoms with E-state index in [2.05, 4.69) is 23.6 Å². The summed E-state index contributed by atoms with van der Waals surface area (Å²) in [5.41, 5.74) is 0. The lowest BCUT2D eigenvalue weighted by Gasteiger charge is -2.48. The molecule has 2 heterocycles. The van der Waals surface area contributed by atoms with Crippen molar-refractivity contribution in [2.75, 3.05) is 26.2 Å². The van der Waals surface area contributed by atoms with Crippen LogP contribution in [0.15, 0.2) is 0 Å². The highest BCUT2D eigenvalue weighted by Crippen LogP contribution is 2.21. The van der Waals surface area contributed by atoms with Crippen LogP contribution in [0, 0.1) is 0 Å². The van der Waals surface area contributed by atoms with Crippen molar-refractivity contribution >= 4 is 0 Å². The minimum Gasteiger partial charge on any atom is -0.298 e. The van der Waals surface area contributed by atoms with Crippen LogP contribution in [0.5, 0.6) is 0 Å². The Bertz CT molecular complexity index is 182. The molecule has 0 aromatic rings. The number of piperidine rings is 1. The molecule has 2 rings (SSSR count). The van der Waals surface area contributed by atoms with E-state index in [1.807, 2.05) is 0 Å². The third-order valence-corrected chi connectivity index (χ3v) is 3.38. The van der Waals surface area contributed by atoms with E-state index in [0.29, 0.717) is 6.04 Å². The first-order valence-electron chi connectivity index (χ1n) is 6.15. The lowest BCUT2D eigenvalue weighted by Crippen LogP contribution is -2.61. The molecule has 0 N–H and O–H groups in total. The molecule has 2 aliphatic heterocycles. The third kappa shape index (κ3) is 2.05. The zero-order valence-electron chi connectivity index (χ0n) is 9.87. The van der Waals surface area contributed by atoms with Gasteiger partial charge in [0, 0.05) is 26.5 Å². The second-order valence-corrected chi connectivity index (χ2v) is 4.60. The summed E-state index contributed by atoms with van der Waals surface area (Å²) in [6.07, 6.45) is 2.38. The summed E-state index contributed by atoms with van der Waals surface area (Å²) in [7, 11) is 0. The van der Waals surface area contributed by atoms with Crippen molar-refractivity contribution < 1.29 is 1.37 Å². The molecule has 0 aromatic heterocycles. The van der Waals surface area contributed by atoms with Gasteiger partial charge < -0.3 is 0 Å². The van der Waals surface area contributed by atoms with Crippen LogP contribution in [-0.2, 0) is 0 Å². The van der Waals surface area contributed by atoms with Gasteiger partial charge >= 0.3 is 0 Å². The van der Waals surface area contributed by atoms with Gasteiger partial charge in [-0.15, -0.1) is 0 Å². The average Bonchev–Trinajstić information content (AvgIpc) is 2.05. The molecule has 2 aliphatic rings. The van der Waals surface area contributed by atoms with Crippen LogP contribution in [0.25, 0.3) is 0 Å². The van der Waals surface area contributed by atoms with Gasteiger partial charge in [0.15, 0.2) is 0 Å². The second kappa shape index (κ2) is 3.97. The van der Waals surface area contributed by atoms with Crippen LogP contribution >= 0.6 is 0 Å². The molecule has 0 unspecified atom stereocenters. The van der Waals surface area contributed by atoms with Crippen molar-refractivity contribution in [1.29, 1.82) is 0 Å². The van der Waals surface area contributed by atoms with Crippen molar-refractivity contribution in [3.63, 3.8) is 0 Å². The van der Waals surface area contributed by atoms with Gasteiger partial charge in [0.25, 0.3) is 0 Å². The first-order valence-corrected chi connectivity index (χ1v) is 5.57. The maximum absolute atomic E-state index is 7.65. The molecule has 2 saturated heterocycles. The second-order valence-electron chi connectivity index (χ2n) is 4.60. The predicted molar refractivity (Wildman–Crippen MR) is 55.9 cm³/mol. The normalized spacial score (nSPS) is 30.5. The van der Waals surface area contributed by atoms with Crippen LogP contribution in [0.2, 0.25) is 0 Å². The van der Waals surface area contributed by atoms with E-state index in [1.165, 1.54) is 13.1 Å². The lowest BCUT2D eigenvalue weighted by atomic mass is 10.0. The monoisotopic (exact) mass is 183 g/mol. The Morgan fingerprint density at radius 2 is 1.85 bits per heavy atom. The molecule has 0 aromatic carbocycles. The van der Waals surface area contributed by atoms with E-state index < -0.39 is 0 Å². The Hall–Kier alpha value is -0.0800. The van der Waals surface area contributed by atoms with Crippen LogP contribution in [0.3, 0.4) is 0 Å². The molecular formula is C11H22N2. The molecule has 2 heteroatoms. The summed E-state index contributed by atoms with van der Waals surface area (Å²) < 4.78 is 7.65. The largest absolute Gasteiger partial charge is 0.298 e. The fourth-order valence-corrected chi connectivity index (χ4v) is 2.28. The topological polar surface area (TPSA) is 6.48 Å². The van der Waals surface area contributed by atoms with Gasteiger partial charge in [0.2, 0.25) is 0 Å². The highest BCUT2D eigenvalue weighted by molar-refractivity contribution is 4.90. The Morgan fingerprint density at radius 3 is 2.38 bits per heavy atom. The molecule has 0 radical (unpaired) electrons. The van der Waals surface area contributed by atoms with Gasteiger partial charge in [-0.05, 0) is 39.8 Å². The first-order chi connectivity index (χ1) is 6.66. The summed E-state index contributed by atoms with van der Waals surface area (Å²) in [4.78, 5) is 5.11. The van der Waals surface area contributed by atoms with Gasteiger partial charge in [-0.1, -0.05) is 6.40 Å². The van der Waals surface area contributed by atoms with Crippen molar-refractivity contribution in [2.24, 2.45) is 0 Å². The fraction of sp³-hybridized carbons (Fsp3) is 1.00. The van der Waals surface area contributed by atoms with E-state index in [1.54, 1.807) is 0 Å². The number of hydrogen-bond acceptors (Lipinski definition) is 2. The zero-order chi connectivity index (χ0) is 10.1. The van der Waals surface area contributed by atoms with Crippen LogP contribution in [0.1, 0.15) is 34.5 Å². The molecule has 0 amide bonds. The molecule has 2 fully saturated rings. The first kappa shape index (κ1) is 8.25. The molecule has 0 saturated carbocycles. The summed E-state index contributed by atoms with van der Waals surface area (Å²) in [6, 6.07) is 1.50. The number of nitrogens with zero attached hydrogens (tertiary/aromatic N) is 2. The van der Waals surface area contributed by atoms with Crippen LogP contribution in [0.4, 0.5) is 0 Å². The predicted octanol–water partition coefficient (Wildman–Crippen LogP) is 1.56. The van der Waals surface area contributed by atoms with Gasteiger partial charge in [-0.25, -0.2) is 0 Å². The average molecular weight is 183 g/mol. The maximum atomic E-state index is 7.65. The minimum absolute atomic E-state index is 0.215. The van der Waals surface area contributed by atoms with Crippen molar-refractivity contribution in [3.05, 3.63) is 0 Å². The molecule has 0 atom stereocenters. The summed E-state index contributed by atoms with van der Waals surface area (Å²) in [6.45, 7) is 9.36. The van der Waals surface area contributed by atoms with Crippen LogP contribution < -0.4 is 0 Å². The molecule has 76 valence electrons. The van der Waals surface area contributed by atoms with Gasteiger partial charge in [-0.3, -0.25) is 9.80 Å². The fourth-order valence-electron chi connectivity index (χ4n) is 2.28. The van der Waals surface area contributed by atoms with E-state index >= 15 is 0 Å². The van der Waals surface area contributed by atoms with Gasteiger partial charge in [0.05, 0.1) is 0 Å². The van der Waals surface area contributed by atoms with E-state index in [-0.39, 0.29) is 6.40 Å². The Kier molecular flexibility index (Phi) is 2.52. The number of rotatable bonds is 2. The number of likely N-dealkylation sites (tertiary alicyclic amines) is 2. The maximum Gasteiger partial charge on any atom is 0.0350 e. The Labute approximate surface area is 83.3 Å². The Balaban J connectivity index is 1.72. The van der Waals surface area contributed by atoms with Crippen molar-refractivity contribution in [2.45, 2.75) is 45.2 Å². The zero-order valence-corrected chi connectivity index (χ0v) is 8.87. The molecule has 0 bridgehead atoms. The quantitative estimate of drug-likeness (QED) is 0.641. The van der Waals surface area contributed by atoms with E-state index in [4.69, 9.17) is 1.37 Å². The third-order valence-electron chi connectivity index (χ3n) is 3.38. The summed E-state index contributed by atoms with van der Waals surface area (Å²) >= 11 is 0. The molecule has 2 nitrogen and oxygen atoms in total. The number of hydrogen-bond donors (Lipinski definition) is 0. The molecule has 0 aliphatic carbocycles. The highest BCUT2D eigenvalue weighted by Gasteiger charge is 2.33. The van der Waals surface area contributed by atoms with E-state index in [0.717, 1.165) is 32.0 Å². The lowest BCUT2D eigenvalue weighted by molar-refractivity contribution is 0.00535. The van der Waals surface area contributed by atoms with Crippen LogP contribution in [-0.4, -0.2) is 48.1 Å². The van der Waals surface area contributed by atoms with Gasteiger partial charge in [0.1, 0.15) is 0 Å². The summed E-state index contributed by atoms with van der Waals surface area (Å²) in [5, 5.41) is 0. The smallest absolute Gasteiger partial charge is 0.0350 e. The molecule has 13 heavy (non-hydrogen) atoms. The Morgan fingerprint density at radius 1 is 1.23 bits per heavy atom. The highest BCUT2D eigenvalue weighted by atomic mass is 15.3. The standard InChI is InChI=1S/C11H22N2/c1-10(2)13-8-11(9-13)12-6-4-3-5-7-12/h10-11H,3-9H2,1-2H3/i3D. The van der Waals surface area contributed by atoms with Crippen molar-refractivity contribution in [3.8, 4) is 0 Å². The summed E-state index contributed by atoms with van der Waals surface area (Å²) in [5.74, 6) is 0.